The van der Waals surface area contributed by atoms with Crippen LogP contribution in [0.3, 0.4) is 0 Å². The van der Waals surface area contributed by atoms with Gasteiger partial charge in [-0.25, -0.2) is 8.42 Å². The number of anilines is 1. The lowest BCUT2D eigenvalue weighted by molar-refractivity contribution is -0.122. The second-order valence-corrected chi connectivity index (χ2v) is 8.67. The number of carbonyl (C=O) groups is 1. The van der Waals surface area contributed by atoms with Crippen LogP contribution in [0.5, 0.6) is 11.5 Å². The molecule has 1 N–H and O–H groups in total. The number of rotatable bonds is 9. The van der Waals surface area contributed by atoms with Gasteiger partial charge in [-0.2, -0.15) is 0 Å². The zero-order valence-electron chi connectivity index (χ0n) is 16.8. The van der Waals surface area contributed by atoms with Crippen LogP contribution in [0.4, 0.5) is 5.69 Å². The van der Waals surface area contributed by atoms with E-state index in [-0.39, 0.29) is 13.0 Å². The molecule has 158 valence electrons. The molecule has 2 aromatic rings. The first-order valence-electron chi connectivity index (χ1n) is 8.94. The Kier molecular flexibility index (Phi) is 7.75. The van der Waals surface area contributed by atoms with Gasteiger partial charge in [0.15, 0.2) is 11.5 Å². The number of ether oxygens (including phenoxy) is 2. The quantitative estimate of drug-likeness (QED) is 0.647. The summed E-state index contributed by atoms with van der Waals surface area (Å²) in [4.78, 5) is 12.9. The molecule has 7 nitrogen and oxygen atoms in total. The maximum Gasteiger partial charge on any atom is 0.244 e. The number of sulfonamides is 1. The van der Waals surface area contributed by atoms with Gasteiger partial charge in [0.25, 0.3) is 0 Å². The van der Waals surface area contributed by atoms with Crippen LogP contribution in [0.15, 0.2) is 42.5 Å². The van der Waals surface area contributed by atoms with Gasteiger partial charge in [-0.05, 0) is 42.3 Å². The fourth-order valence-electron chi connectivity index (χ4n) is 2.97. The molecule has 0 aromatic heterocycles. The van der Waals surface area contributed by atoms with Crippen LogP contribution in [-0.2, 0) is 21.4 Å². The van der Waals surface area contributed by atoms with E-state index in [9.17, 15) is 13.2 Å². The van der Waals surface area contributed by atoms with E-state index in [2.05, 4.69) is 5.32 Å². The molecule has 0 unspecified atom stereocenters. The van der Waals surface area contributed by atoms with Crippen molar-refractivity contribution in [2.24, 2.45) is 0 Å². The Balaban J connectivity index is 2.24. The van der Waals surface area contributed by atoms with Gasteiger partial charge >= 0.3 is 0 Å². The van der Waals surface area contributed by atoms with Gasteiger partial charge in [-0.1, -0.05) is 30.7 Å². The average Bonchev–Trinajstić information content (AvgIpc) is 2.68. The predicted molar refractivity (Wildman–Crippen MR) is 114 cm³/mol. The van der Waals surface area contributed by atoms with Gasteiger partial charge in [-0.3, -0.25) is 9.10 Å². The number of benzene rings is 2. The van der Waals surface area contributed by atoms with Crippen LogP contribution in [0.25, 0.3) is 0 Å². The number of nitrogens with one attached hydrogen (secondary N) is 1. The molecule has 0 aliphatic rings. The number of amides is 1. The number of hydrogen-bond acceptors (Lipinski definition) is 5. The Morgan fingerprint density at radius 2 is 1.83 bits per heavy atom. The van der Waals surface area contributed by atoms with Crippen molar-refractivity contribution in [1.29, 1.82) is 0 Å². The summed E-state index contributed by atoms with van der Waals surface area (Å²) in [6.45, 7) is 1.96. The summed E-state index contributed by atoms with van der Waals surface area (Å²) >= 11 is 6.02. The van der Waals surface area contributed by atoms with E-state index >= 15 is 0 Å². The maximum atomic E-state index is 12.9. The van der Waals surface area contributed by atoms with E-state index in [4.69, 9.17) is 21.1 Å². The van der Waals surface area contributed by atoms with Crippen molar-refractivity contribution in [2.75, 3.05) is 24.8 Å². The number of carbonyl (C=O) groups excluding carboxylic acids is 1. The summed E-state index contributed by atoms with van der Waals surface area (Å²) in [6.07, 6.45) is 1.36. The van der Waals surface area contributed by atoms with Crippen molar-refractivity contribution in [3.63, 3.8) is 0 Å². The lowest BCUT2D eigenvalue weighted by Crippen LogP contribution is -2.49. The third-order valence-electron chi connectivity index (χ3n) is 4.31. The molecule has 29 heavy (non-hydrogen) atoms. The van der Waals surface area contributed by atoms with E-state index in [1.54, 1.807) is 50.4 Å². The number of methoxy groups -OCH3 is 2. The molecule has 0 radical (unpaired) electrons. The van der Waals surface area contributed by atoms with Crippen LogP contribution in [0.2, 0.25) is 5.02 Å². The molecular formula is C20H25ClN2O5S. The molecule has 0 heterocycles. The largest absolute Gasteiger partial charge is 0.493 e. The van der Waals surface area contributed by atoms with Crippen molar-refractivity contribution in [1.82, 2.24) is 5.32 Å². The standard InChI is InChI=1S/C20H25ClN2O5S/c1-5-17(23(29(4,25)26)16-8-6-7-15(21)12-16)20(24)22-13-14-9-10-18(27-2)19(11-14)28-3/h6-12,17H,5,13H2,1-4H3,(H,22,24)/t17-/m1/s1. The molecule has 0 saturated carbocycles. The van der Waals surface area contributed by atoms with Gasteiger partial charge in [0.2, 0.25) is 15.9 Å². The molecule has 0 saturated heterocycles. The highest BCUT2D eigenvalue weighted by Crippen LogP contribution is 2.28. The van der Waals surface area contributed by atoms with Crippen LogP contribution >= 0.6 is 11.6 Å². The Morgan fingerprint density at radius 1 is 1.14 bits per heavy atom. The van der Waals surface area contributed by atoms with Gasteiger partial charge in [-0.15, -0.1) is 0 Å². The van der Waals surface area contributed by atoms with Crippen molar-refractivity contribution in [3.8, 4) is 11.5 Å². The topological polar surface area (TPSA) is 84.9 Å². The summed E-state index contributed by atoms with van der Waals surface area (Å²) in [5.74, 6) is 0.717. The Morgan fingerprint density at radius 3 is 2.38 bits per heavy atom. The lowest BCUT2D eigenvalue weighted by atomic mass is 10.1. The van der Waals surface area contributed by atoms with Gasteiger partial charge in [0, 0.05) is 11.6 Å². The molecule has 2 aromatic carbocycles. The second kappa shape index (κ2) is 9.84. The Bertz CT molecular complexity index is 965. The van der Waals surface area contributed by atoms with Crippen LogP contribution in [0, 0.1) is 0 Å². The first kappa shape index (κ1) is 22.8. The van der Waals surface area contributed by atoms with Crippen molar-refractivity contribution < 1.29 is 22.7 Å². The number of nitrogens with zero attached hydrogens (tertiary/aromatic N) is 1. The smallest absolute Gasteiger partial charge is 0.244 e. The summed E-state index contributed by atoms with van der Waals surface area (Å²) in [6, 6.07) is 10.8. The van der Waals surface area contributed by atoms with E-state index in [1.807, 2.05) is 0 Å². The first-order chi connectivity index (χ1) is 13.7. The predicted octanol–water partition coefficient (Wildman–Crippen LogP) is 3.22. The van der Waals surface area contributed by atoms with Gasteiger partial charge in [0.1, 0.15) is 6.04 Å². The molecular weight excluding hydrogens is 416 g/mol. The van der Waals surface area contributed by atoms with E-state index < -0.39 is 22.0 Å². The molecule has 0 aliphatic heterocycles. The fourth-order valence-corrected chi connectivity index (χ4v) is 4.36. The molecule has 0 spiro atoms. The van der Waals surface area contributed by atoms with E-state index in [0.717, 1.165) is 16.1 Å². The minimum atomic E-state index is -3.72. The Labute approximate surface area is 176 Å². The van der Waals surface area contributed by atoms with Gasteiger partial charge < -0.3 is 14.8 Å². The molecule has 0 bridgehead atoms. The minimum absolute atomic E-state index is 0.211. The molecule has 2 rings (SSSR count). The molecule has 1 atom stereocenters. The molecule has 1 amide bonds. The summed E-state index contributed by atoms with van der Waals surface area (Å²) in [7, 11) is -0.644. The summed E-state index contributed by atoms with van der Waals surface area (Å²) < 4.78 is 36.5. The van der Waals surface area contributed by atoms with E-state index in [0.29, 0.717) is 22.2 Å². The third-order valence-corrected chi connectivity index (χ3v) is 5.72. The van der Waals surface area contributed by atoms with Crippen LogP contribution in [-0.4, -0.2) is 40.8 Å². The molecule has 9 heteroatoms. The third kappa shape index (κ3) is 5.77. The second-order valence-electron chi connectivity index (χ2n) is 6.37. The SMILES string of the molecule is CC[C@H](C(=O)NCc1ccc(OC)c(OC)c1)N(c1cccc(Cl)c1)S(C)(=O)=O. The zero-order valence-corrected chi connectivity index (χ0v) is 18.4. The number of halogens is 1. The molecule has 0 aliphatic carbocycles. The van der Waals surface area contributed by atoms with Crippen molar-refractivity contribution in [2.45, 2.75) is 25.9 Å². The highest BCUT2D eigenvalue weighted by Gasteiger charge is 2.31. The summed E-state index contributed by atoms with van der Waals surface area (Å²) in [5, 5.41) is 3.19. The first-order valence-corrected chi connectivity index (χ1v) is 11.2. The van der Waals surface area contributed by atoms with Crippen molar-refractivity contribution >= 4 is 33.2 Å². The van der Waals surface area contributed by atoms with Crippen LogP contribution in [0.1, 0.15) is 18.9 Å². The van der Waals surface area contributed by atoms with Crippen LogP contribution < -0.4 is 19.1 Å². The summed E-state index contributed by atoms with van der Waals surface area (Å²) in [5.41, 5.74) is 1.13. The lowest BCUT2D eigenvalue weighted by Gasteiger charge is -2.30. The monoisotopic (exact) mass is 440 g/mol. The number of hydrogen-bond donors (Lipinski definition) is 1. The Hall–Kier alpha value is -2.45. The highest BCUT2D eigenvalue weighted by atomic mass is 35.5. The minimum Gasteiger partial charge on any atom is -0.493 e. The maximum absolute atomic E-state index is 12.9. The average molecular weight is 441 g/mol. The fraction of sp³-hybridized carbons (Fsp3) is 0.350. The normalized spacial score (nSPS) is 12.2. The van der Waals surface area contributed by atoms with Gasteiger partial charge in [0.05, 0.1) is 26.2 Å². The highest BCUT2D eigenvalue weighted by molar-refractivity contribution is 7.92. The molecule has 0 fully saturated rings. The van der Waals surface area contributed by atoms with E-state index in [1.165, 1.54) is 13.2 Å². The van der Waals surface area contributed by atoms with Crippen molar-refractivity contribution in [3.05, 3.63) is 53.1 Å². The zero-order chi connectivity index (χ0) is 21.6.